The Bertz CT molecular complexity index is 641. The van der Waals surface area contributed by atoms with Crippen molar-refractivity contribution in [1.29, 1.82) is 0 Å². The molecule has 2 aromatic rings. The molecule has 0 N–H and O–H groups in total. The molecule has 0 fully saturated rings. The van der Waals surface area contributed by atoms with Crippen molar-refractivity contribution in [3.8, 4) is 0 Å². The molecule has 0 heterocycles. The van der Waals surface area contributed by atoms with Crippen LogP contribution in [-0.2, 0) is 6.42 Å². The fourth-order valence-corrected chi connectivity index (χ4v) is 2.48. The summed E-state index contributed by atoms with van der Waals surface area (Å²) in [5.41, 5.74) is 1.09. The Morgan fingerprint density at radius 3 is 2.37 bits per heavy atom. The summed E-state index contributed by atoms with van der Waals surface area (Å²) in [6, 6.07) is 8.26. The van der Waals surface area contributed by atoms with E-state index in [1.54, 1.807) is 6.07 Å². The van der Waals surface area contributed by atoms with Crippen LogP contribution in [0.25, 0.3) is 0 Å². The number of ketones is 1. The lowest BCUT2D eigenvalue weighted by atomic mass is 10.0. The molecule has 1 nitrogen and oxygen atoms in total. The SMILES string of the molecule is O=C(Cc1ccc(F)cc1Br)c1ccc(F)c(Br)c1. The standard InChI is InChI=1S/C14H8Br2F2O/c15-11-7-10(17)3-1-8(11)6-14(19)9-2-4-13(18)12(16)5-9/h1-5,7H,6H2. The molecule has 0 aliphatic heterocycles. The number of halogens is 4. The molecule has 0 bridgehead atoms. The average Bonchev–Trinajstić information content (AvgIpc) is 2.36. The second kappa shape index (κ2) is 5.92. The van der Waals surface area contributed by atoms with Gasteiger partial charge in [-0.05, 0) is 51.8 Å². The molecule has 0 aliphatic rings. The Kier molecular flexibility index (Phi) is 4.47. The minimum atomic E-state index is -0.417. The number of hydrogen-bond acceptors (Lipinski definition) is 1. The predicted octanol–water partition coefficient (Wildman–Crippen LogP) is 4.92. The van der Waals surface area contributed by atoms with Crippen LogP contribution in [-0.4, -0.2) is 5.78 Å². The van der Waals surface area contributed by atoms with E-state index in [1.165, 1.54) is 30.3 Å². The second-order valence-electron chi connectivity index (χ2n) is 3.96. The minimum Gasteiger partial charge on any atom is -0.294 e. The van der Waals surface area contributed by atoms with Gasteiger partial charge in [-0.2, -0.15) is 0 Å². The maximum Gasteiger partial charge on any atom is 0.167 e. The topological polar surface area (TPSA) is 17.1 Å². The van der Waals surface area contributed by atoms with Crippen molar-refractivity contribution in [3.05, 3.63) is 68.1 Å². The van der Waals surface area contributed by atoms with E-state index in [-0.39, 0.29) is 22.5 Å². The van der Waals surface area contributed by atoms with Gasteiger partial charge in [0, 0.05) is 16.5 Å². The van der Waals surface area contributed by atoms with E-state index < -0.39 is 5.82 Å². The zero-order valence-electron chi connectivity index (χ0n) is 9.59. The lowest BCUT2D eigenvalue weighted by Crippen LogP contribution is -2.04. The normalized spacial score (nSPS) is 10.5. The smallest absolute Gasteiger partial charge is 0.167 e. The molecule has 0 aromatic heterocycles. The van der Waals surface area contributed by atoms with Crippen LogP contribution in [0, 0.1) is 11.6 Å². The van der Waals surface area contributed by atoms with Gasteiger partial charge < -0.3 is 0 Å². The monoisotopic (exact) mass is 388 g/mol. The van der Waals surface area contributed by atoms with Crippen LogP contribution in [0.2, 0.25) is 0 Å². The largest absolute Gasteiger partial charge is 0.294 e. The molecule has 0 saturated carbocycles. The van der Waals surface area contributed by atoms with Gasteiger partial charge in [0.15, 0.2) is 5.78 Å². The van der Waals surface area contributed by atoms with E-state index in [4.69, 9.17) is 0 Å². The highest BCUT2D eigenvalue weighted by molar-refractivity contribution is 9.10. The first kappa shape index (κ1) is 14.3. The predicted molar refractivity (Wildman–Crippen MR) is 76.2 cm³/mol. The van der Waals surface area contributed by atoms with Crippen LogP contribution in [0.1, 0.15) is 15.9 Å². The van der Waals surface area contributed by atoms with Crippen molar-refractivity contribution in [2.24, 2.45) is 0 Å². The van der Waals surface area contributed by atoms with Gasteiger partial charge in [-0.15, -0.1) is 0 Å². The van der Waals surface area contributed by atoms with Crippen molar-refractivity contribution >= 4 is 37.6 Å². The summed E-state index contributed by atoms with van der Waals surface area (Å²) in [4.78, 5) is 12.1. The molecule has 2 aromatic carbocycles. The Balaban J connectivity index is 2.23. The van der Waals surface area contributed by atoms with E-state index in [0.29, 0.717) is 15.6 Å². The number of Topliss-reactive ketones (excluding diaryl/α,β-unsaturated/α-hetero) is 1. The van der Waals surface area contributed by atoms with Crippen LogP contribution >= 0.6 is 31.9 Å². The summed E-state index contributed by atoms with van der Waals surface area (Å²) in [7, 11) is 0. The summed E-state index contributed by atoms with van der Waals surface area (Å²) < 4.78 is 26.8. The molecule has 0 aliphatic carbocycles. The first-order valence-corrected chi connectivity index (χ1v) is 6.98. The summed E-state index contributed by atoms with van der Waals surface area (Å²) in [6.45, 7) is 0. The molecule has 98 valence electrons. The Labute approximate surface area is 125 Å². The van der Waals surface area contributed by atoms with Crippen molar-refractivity contribution in [2.75, 3.05) is 0 Å². The molecule has 0 radical (unpaired) electrons. The van der Waals surface area contributed by atoms with Crippen LogP contribution in [0.5, 0.6) is 0 Å². The first-order valence-electron chi connectivity index (χ1n) is 5.39. The van der Waals surface area contributed by atoms with Crippen molar-refractivity contribution < 1.29 is 13.6 Å². The van der Waals surface area contributed by atoms with Crippen LogP contribution < -0.4 is 0 Å². The van der Waals surface area contributed by atoms with Gasteiger partial charge >= 0.3 is 0 Å². The number of carbonyl (C=O) groups excluding carboxylic acids is 1. The zero-order valence-corrected chi connectivity index (χ0v) is 12.8. The van der Waals surface area contributed by atoms with Crippen LogP contribution in [0.3, 0.4) is 0 Å². The molecular weight excluding hydrogens is 382 g/mol. The summed E-state index contributed by atoms with van der Waals surface area (Å²) >= 11 is 6.25. The molecule has 5 heteroatoms. The maximum absolute atomic E-state index is 13.1. The molecule has 0 atom stereocenters. The second-order valence-corrected chi connectivity index (χ2v) is 5.67. The Hall–Kier alpha value is -1.07. The average molecular weight is 390 g/mol. The number of rotatable bonds is 3. The molecular formula is C14H8Br2F2O. The van der Waals surface area contributed by atoms with Gasteiger partial charge in [-0.3, -0.25) is 4.79 Å². The number of carbonyl (C=O) groups is 1. The molecule has 0 amide bonds. The lowest BCUT2D eigenvalue weighted by molar-refractivity contribution is 0.0992. The van der Waals surface area contributed by atoms with Gasteiger partial charge in [0.25, 0.3) is 0 Å². The molecule has 0 unspecified atom stereocenters. The summed E-state index contributed by atoms with van der Waals surface area (Å²) in [5, 5.41) is 0. The third-order valence-corrected chi connectivity index (χ3v) is 3.95. The van der Waals surface area contributed by atoms with Gasteiger partial charge in [0.05, 0.1) is 4.47 Å². The van der Waals surface area contributed by atoms with Crippen LogP contribution in [0.4, 0.5) is 8.78 Å². The molecule has 0 spiro atoms. The van der Waals surface area contributed by atoms with Gasteiger partial charge in [-0.1, -0.05) is 22.0 Å². The van der Waals surface area contributed by atoms with E-state index >= 15 is 0 Å². The fourth-order valence-electron chi connectivity index (χ4n) is 1.61. The van der Waals surface area contributed by atoms with Crippen molar-refractivity contribution in [3.63, 3.8) is 0 Å². The quantitative estimate of drug-likeness (QED) is 0.681. The van der Waals surface area contributed by atoms with E-state index in [2.05, 4.69) is 31.9 Å². The third-order valence-electron chi connectivity index (χ3n) is 2.61. The van der Waals surface area contributed by atoms with E-state index in [0.717, 1.165) is 0 Å². The highest BCUT2D eigenvalue weighted by atomic mass is 79.9. The van der Waals surface area contributed by atoms with Crippen molar-refractivity contribution in [2.45, 2.75) is 6.42 Å². The third kappa shape index (κ3) is 3.48. The Morgan fingerprint density at radius 2 is 1.74 bits per heavy atom. The van der Waals surface area contributed by atoms with E-state index in [1.807, 2.05) is 0 Å². The minimum absolute atomic E-state index is 0.124. The maximum atomic E-state index is 13.1. The van der Waals surface area contributed by atoms with Gasteiger partial charge in [0.1, 0.15) is 11.6 Å². The summed E-state index contributed by atoms with van der Waals surface area (Å²) in [5.74, 6) is -0.944. The lowest BCUT2D eigenvalue weighted by Gasteiger charge is -2.05. The first-order chi connectivity index (χ1) is 8.97. The fraction of sp³-hybridized carbons (Fsp3) is 0.0714. The van der Waals surface area contributed by atoms with E-state index in [9.17, 15) is 13.6 Å². The number of benzene rings is 2. The zero-order chi connectivity index (χ0) is 14.0. The number of hydrogen-bond donors (Lipinski definition) is 0. The highest BCUT2D eigenvalue weighted by Crippen LogP contribution is 2.22. The summed E-state index contributed by atoms with van der Waals surface area (Å²) in [6.07, 6.45) is 0.124. The van der Waals surface area contributed by atoms with Gasteiger partial charge in [0.2, 0.25) is 0 Å². The van der Waals surface area contributed by atoms with Gasteiger partial charge in [-0.25, -0.2) is 8.78 Å². The molecule has 19 heavy (non-hydrogen) atoms. The highest BCUT2D eigenvalue weighted by Gasteiger charge is 2.11. The van der Waals surface area contributed by atoms with Crippen LogP contribution in [0.15, 0.2) is 45.3 Å². The molecule has 2 rings (SSSR count). The Morgan fingerprint density at radius 1 is 1.00 bits per heavy atom. The molecule has 0 saturated heterocycles. The van der Waals surface area contributed by atoms with Crippen molar-refractivity contribution in [1.82, 2.24) is 0 Å².